The van der Waals surface area contributed by atoms with E-state index in [2.05, 4.69) is 25.0 Å². The Hall–Kier alpha value is -3.40. The van der Waals surface area contributed by atoms with Crippen molar-refractivity contribution in [3.8, 4) is 5.75 Å². The Labute approximate surface area is 188 Å². The predicted molar refractivity (Wildman–Crippen MR) is 115 cm³/mol. The zero-order chi connectivity index (χ0) is 23.0. The van der Waals surface area contributed by atoms with E-state index >= 15 is 0 Å². The van der Waals surface area contributed by atoms with E-state index in [0.717, 1.165) is 36.1 Å². The first-order valence-electron chi connectivity index (χ1n) is 10.7. The van der Waals surface area contributed by atoms with E-state index in [1.54, 1.807) is 12.4 Å². The van der Waals surface area contributed by atoms with Crippen LogP contribution < -0.4 is 15.0 Å². The molecule has 172 valence electrons. The van der Waals surface area contributed by atoms with Gasteiger partial charge in [0.15, 0.2) is 6.23 Å². The standard InChI is InChI=1S/C23H22F3N5O2/c24-23(25,26)33-19-8-14(7-17(9-19)15-1-2-15)10-28-22-29-11-18(12-30-22)21(32)31-6-4-16-3-5-27-13-20(16)31/h3,5,7-9,11-13,15,21,32H,1-2,4,6,10H2,(H,28,29,30). The summed E-state index contributed by atoms with van der Waals surface area (Å²) in [7, 11) is 0. The minimum atomic E-state index is -4.74. The lowest BCUT2D eigenvalue weighted by Gasteiger charge is -2.25. The number of aliphatic hydroxyl groups excluding tert-OH is 1. The number of benzene rings is 1. The summed E-state index contributed by atoms with van der Waals surface area (Å²) in [5, 5.41) is 13.8. The Morgan fingerprint density at radius 2 is 1.94 bits per heavy atom. The average Bonchev–Trinajstić information content (AvgIpc) is 3.55. The van der Waals surface area contributed by atoms with E-state index in [-0.39, 0.29) is 18.2 Å². The highest BCUT2D eigenvalue weighted by Crippen LogP contribution is 2.42. The molecule has 0 saturated heterocycles. The van der Waals surface area contributed by atoms with Crippen LogP contribution in [0, 0.1) is 0 Å². The SMILES string of the molecule is OC(c1cnc(NCc2cc(OC(F)(F)F)cc(C3CC3)c2)nc1)N1CCc2ccncc21. The minimum Gasteiger partial charge on any atom is -0.406 e. The number of aromatic nitrogens is 3. The topological polar surface area (TPSA) is 83.4 Å². The first-order chi connectivity index (χ1) is 15.9. The zero-order valence-electron chi connectivity index (χ0n) is 17.6. The number of pyridine rings is 1. The highest BCUT2D eigenvalue weighted by Gasteiger charge is 2.32. The van der Waals surface area contributed by atoms with Gasteiger partial charge in [-0.05, 0) is 60.1 Å². The molecule has 1 unspecified atom stereocenters. The van der Waals surface area contributed by atoms with Crippen LogP contribution in [0.3, 0.4) is 0 Å². The quantitative estimate of drug-likeness (QED) is 0.547. The number of aliphatic hydroxyl groups is 1. The third-order valence-electron chi connectivity index (χ3n) is 5.81. The van der Waals surface area contributed by atoms with Crippen LogP contribution in [0.2, 0.25) is 0 Å². The predicted octanol–water partition coefficient (Wildman–Crippen LogP) is 4.31. The number of anilines is 2. The summed E-state index contributed by atoms with van der Waals surface area (Å²) >= 11 is 0. The van der Waals surface area contributed by atoms with Gasteiger partial charge >= 0.3 is 6.36 Å². The normalized spacial score (nSPS) is 16.4. The van der Waals surface area contributed by atoms with Gasteiger partial charge in [-0.3, -0.25) is 4.98 Å². The molecule has 1 aromatic carbocycles. The zero-order valence-corrected chi connectivity index (χ0v) is 17.6. The average molecular weight is 457 g/mol. The van der Waals surface area contributed by atoms with E-state index in [1.165, 1.54) is 24.5 Å². The summed E-state index contributed by atoms with van der Waals surface area (Å²) in [6, 6.07) is 6.64. The van der Waals surface area contributed by atoms with Gasteiger partial charge in [-0.1, -0.05) is 6.07 Å². The highest BCUT2D eigenvalue weighted by molar-refractivity contribution is 5.57. The fourth-order valence-corrected chi connectivity index (χ4v) is 4.06. The second-order valence-corrected chi connectivity index (χ2v) is 8.25. The van der Waals surface area contributed by atoms with Gasteiger partial charge in [-0.2, -0.15) is 0 Å². The molecule has 3 aromatic rings. The first kappa shape index (κ1) is 21.4. The third kappa shape index (κ3) is 5.00. The number of ether oxygens (including phenoxy) is 1. The van der Waals surface area contributed by atoms with E-state index < -0.39 is 12.6 Å². The lowest BCUT2D eigenvalue weighted by molar-refractivity contribution is -0.274. The molecule has 1 atom stereocenters. The van der Waals surface area contributed by atoms with Crippen molar-refractivity contribution in [2.75, 3.05) is 16.8 Å². The van der Waals surface area contributed by atoms with Crippen LogP contribution in [0.4, 0.5) is 24.8 Å². The highest BCUT2D eigenvalue weighted by atomic mass is 19.4. The van der Waals surface area contributed by atoms with Crippen molar-refractivity contribution in [2.45, 2.75) is 44.3 Å². The van der Waals surface area contributed by atoms with Gasteiger partial charge in [0.1, 0.15) is 5.75 Å². The van der Waals surface area contributed by atoms with Crippen LogP contribution in [-0.2, 0) is 13.0 Å². The molecular formula is C23H22F3N5O2. The Morgan fingerprint density at radius 1 is 1.15 bits per heavy atom. The lowest BCUT2D eigenvalue weighted by atomic mass is 10.1. The summed E-state index contributed by atoms with van der Waals surface area (Å²) in [5.74, 6) is 0.372. The van der Waals surface area contributed by atoms with Crippen molar-refractivity contribution >= 4 is 11.6 Å². The van der Waals surface area contributed by atoms with E-state index in [9.17, 15) is 18.3 Å². The number of nitrogens with one attached hydrogen (secondary N) is 1. The molecule has 33 heavy (non-hydrogen) atoms. The van der Waals surface area contributed by atoms with E-state index in [0.29, 0.717) is 23.6 Å². The van der Waals surface area contributed by atoms with Gasteiger partial charge in [0.25, 0.3) is 0 Å². The molecular weight excluding hydrogens is 435 g/mol. The fraction of sp³-hybridized carbons (Fsp3) is 0.348. The van der Waals surface area contributed by atoms with Gasteiger partial charge in [-0.25, -0.2) is 9.97 Å². The lowest BCUT2D eigenvalue weighted by Crippen LogP contribution is -2.26. The van der Waals surface area contributed by atoms with Gasteiger partial charge in [0.05, 0.1) is 11.9 Å². The molecule has 7 nitrogen and oxygen atoms in total. The Kier molecular flexibility index (Phi) is 5.53. The maximum absolute atomic E-state index is 12.7. The minimum absolute atomic E-state index is 0.219. The largest absolute Gasteiger partial charge is 0.573 e. The van der Waals surface area contributed by atoms with Crippen molar-refractivity contribution in [2.24, 2.45) is 0 Å². The van der Waals surface area contributed by atoms with E-state index in [4.69, 9.17) is 0 Å². The van der Waals surface area contributed by atoms with Crippen molar-refractivity contribution in [3.05, 3.63) is 71.3 Å². The number of hydrogen-bond donors (Lipinski definition) is 2. The number of alkyl halides is 3. The molecule has 1 aliphatic heterocycles. The summed E-state index contributed by atoms with van der Waals surface area (Å²) in [6.45, 7) is 0.906. The van der Waals surface area contributed by atoms with Crippen LogP contribution in [-0.4, -0.2) is 33.0 Å². The summed E-state index contributed by atoms with van der Waals surface area (Å²) < 4.78 is 42.2. The summed E-state index contributed by atoms with van der Waals surface area (Å²) in [4.78, 5) is 14.5. The van der Waals surface area contributed by atoms with Crippen LogP contribution in [0.25, 0.3) is 0 Å². The molecule has 5 rings (SSSR count). The molecule has 2 aliphatic rings. The molecule has 2 aromatic heterocycles. The van der Waals surface area contributed by atoms with E-state index in [1.807, 2.05) is 17.0 Å². The second-order valence-electron chi connectivity index (χ2n) is 8.25. The smallest absolute Gasteiger partial charge is 0.406 e. The number of fused-ring (bicyclic) bond motifs is 1. The Balaban J connectivity index is 1.26. The number of halogens is 3. The number of nitrogens with zero attached hydrogens (tertiary/aromatic N) is 4. The number of rotatable bonds is 7. The van der Waals surface area contributed by atoms with Crippen LogP contribution >= 0.6 is 0 Å². The second kappa shape index (κ2) is 8.51. The summed E-state index contributed by atoms with van der Waals surface area (Å²) in [6.07, 6.45) is 3.65. The molecule has 10 heteroatoms. The fourth-order valence-electron chi connectivity index (χ4n) is 4.06. The van der Waals surface area contributed by atoms with Crippen molar-refractivity contribution in [1.82, 2.24) is 15.0 Å². The Morgan fingerprint density at radius 3 is 2.67 bits per heavy atom. The molecule has 0 amide bonds. The molecule has 0 spiro atoms. The number of hydrogen-bond acceptors (Lipinski definition) is 7. The molecule has 1 fully saturated rings. The molecule has 1 aliphatic carbocycles. The van der Waals surface area contributed by atoms with Crippen LogP contribution in [0.5, 0.6) is 5.75 Å². The van der Waals surface area contributed by atoms with Crippen molar-refractivity contribution in [3.63, 3.8) is 0 Å². The molecule has 1 saturated carbocycles. The monoisotopic (exact) mass is 457 g/mol. The molecule has 0 radical (unpaired) electrons. The van der Waals surface area contributed by atoms with Crippen molar-refractivity contribution < 1.29 is 23.0 Å². The van der Waals surface area contributed by atoms with Gasteiger partial charge in [0, 0.05) is 37.2 Å². The summed E-state index contributed by atoms with van der Waals surface area (Å²) in [5.41, 5.74) is 4.04. The van der Waals surface area contributed by atoms with Gasteiger partial charge < -0.3 is 20.1 Å². The van der Waals surface area contributed by atoms with Crippen molar-refractivity contribution in [1.29, 1.82) is 0 Å². The molecule has 2 N–H and O–H groups in total. The maximum Gasteiger partial charge on any atom is 0.573 e. The maximum atomic E-state index is 12.7. The molecule has 0 bridgehead atoms. The van der Waals surface area contributed by atoms with Crippen LogP contribution in [0.1, 0.15) is 47.2 Å². The molecule has 3 heterocycles. The third-order valence-corrected chi connectivity index (χ3v) is 5.81. The Bertz CT molecular complexity index is 1140. The van der Waals surface area contributed by atoms with Crippen LogP contribution in [0.15, 0.2) is 49.1 Å². The van der Waals surface area contributed by atoms with Gasteiger partial charge in [-0.15, -0.1) is 13.2 Å². The first-order valence-corrected chi connectivity index (χ1v) is 10.7. The van der Waals surface area contributed by atoms with Gasteiger partial charge in [0.2, 0.25) is 5.95 Å².